The van der Waals surface area contributed by atoms with Crippen molar-refractivity contribution >= 4 is 22.6 Å². The second-order valence-corrected chi connectivity index (χ2v) is 7.80. The van der Waals surface area contributed by atoms with Crippen LogP contribution in [0, 0.1) is 0 Å². The zero-order valence-electron chi connectivity index (χ0n) is 19.7. The van der Waals surface area contributed by atoms with E-state index in [0.717, 1.165) is 22.0 Å². The van der Waals surface area contributed by atoms with E-state index in [2.05, 4.69) is 38.5 Å². The molecule has 176 valence electrons. The Bertz CT molecular complexity index is 1260. The van der Waals surface area contributed by atoms with Gasteiger partial charge in [-0.15, -0.1) is 0 Å². The number of hydrogen-bond donors (Lipinski definition) is 2. The summed E-state index contributed by atoms with van der Waals surface area (Å²) in [4.78, 5) is 17.1. The first-order valence-corrected chi connectivity index (χ1v) is 10.8. The van der Waals surface area contributed by atoms with E-state index in [1.807, 2.05) is 37.5 Å². The van der Waals surface area contributed by atoms with Crippen LogP contribution in [0.5, 0.6) is 17.2 Å². The number of pyridine rings is 1. The van der Waals surface area contributed by atoms with Crippen molar-refractivity contribution in [1.82, 2.24) is 14.9 Å². The number of amides is 2. The van der Waals surface area contributed by atoms with E-state index >= 15 is 0 Å². The molecule has 0 radical (unpaired) electrons. The molecule has 0 saturated carbocycles. The van der Waals surface area contributed by atoms with Gasteiger partial charge in [0.1, 0.15) is 0 Å². The summed E-state index contributed by atoms with van der Waals surface area (Å²) < 4.78 is 18.2. The normalized spacial score (nSPS) is 11.6. The molecule has 2 amide bonds. The van der Waals surface area contributed by atoms with Gasteiger partial charge in [0.2, 0.25) is 5.75 Å². The zero-order valence-corrected chi connectivity index (χ0v) is 19.7. The second-order valence-electron chi connectivity index (χ2n) is 7.80. The van der Waals surface area contributed by atoms with Crippen LogP contribution in [0.1, 0.15) is 17.0 Å². The standard InChI is InChI=1S/C26H28N4O4/c1-30-16-21(19-9-5-6-10-22(19)30)20(17-8-7-11-27-14-17)15-28-26(31)29-18-12-23(32-2)25(34-4)24(13-18)33-3/h5-14,16,20H,15H2,1-4H3,(H2,28,29,31). The molecular formula is C26H28N4O4. The van der Waals surface area contributed by atoms with Gasteiger partial charge < -0.3 is 29.4 Å². The number of carbonyl (C=O) groups is 1. The van der Waals surface area contributed by atoms with Gasteiger partial charge in [0.15, 0.2) is 11.5 Å². The molecule has 8 nitrogen and oxygen atoms in total. The molecule has 1 unspecified atom stereocenters. The minimum absolute atomic E-state index is 0.0783. The van der Waals surface area contributed by atoms with Crippen LogP contribution in [0.4, 0.5) is 10.5 Å². The fraction of sp³-hybridized carbons (Fsp3) is 0.231. The minimum atomic E-state index is -0.344. The first-order chi connectivity index (χ1) is 16.5. The molecule has 8 heteroatoms. The summed E-state index contributed by atoms with van der Waals surface area (Å²) in [6.07, 6.45) is 5.70. The highest BCUT2D eigenvalue weighted by Gasteiger charge is 2.21. The summed E-state index contributed by atoms with van der Waals surface area (Å²) in [5, 5.41) is 7.01. The Morgan fingerprint density at radius 2 is 1.76 bits per heavy atom. The van der Waals surface area contributed by atoms with Crippen molar-refractivity contribution in [2.24, 2.45) is 7.05 Å². The molecular weight excluding hydrogens is 432 g/mol. The SMILES string of the molecule is COc1cc(NC(=O)NCC(c2cccnc2)c2cn(C)c3ccccc23)cc(OC)c1OC. The summed E-state index contributed by atoms with van der Waals surface area (Å²) >= 11 is 0. The Morgan fingerprint density at radius 1 is 1.03 bits per heavy atom. The van der Waals surface area contributed by atoms with Gasteiger partial charge in [0.05, 0.1) is 27.0 Å². The van der Waals surface area contributed by atoms with Crippen LogP contribution in [0.2, 0.25) is 0 Å². The molecule has 4 rings (SSSR count). The van der Waals surface area contributed by atoms with Crippen LogP contribution in [0.3, 0.4) is 0 Å². The smallest absolute Gasteiger partial charge is 0.319 e. The average Bonchev–Trinajstić information content (AvgIpc) is 3.20. The first kappa shape index (κ1) is 23.0. The number of anilines is 1. The third-order valence-electron chi connectivity index (χ3n) is 5.78. The predicted octanol–water partition coefficient (Wildman–Crippen LogP) is 4.55. The number of urea groups is 1. The van der Waals surface area contributed by atoms with E-state index in [1.165, 1.54) is 21.3 Å². The third kappa shape index (κ3) is 4.61. The summed E-state index contributed by atoms with van der Waals surface area (Å²) in [7, 11) is 6.62. The van der Waals surface area contributed by atoms with E-state index in [-0.39, 0.29) is 11.9 Å². The van der Waals surface area contributed by atoms with Crippen LogP contribution in [-0.2, 0) is 7.05 Å². The Hall–Kier alpha value is -4.20. The lowest BCUT2D eigenvalue weighted by Crippen LogP contribution is -2.32. The number of para-hydroxylation sites is 1. The van der Waals surface area contributed by atoms with Gasteiger partial charge in [0, 0.05) is 61.1 Å². The molecule has 0 spiro atoms. The third-order valence-corrected chi connectivity index (χ3v) is 5.78. The Labute approximate surface area is 198 Å². The highest BCUT2D eigenvalue weighted by molar-refractivity contribution is 5.90. The maximum absolute atomic E-state index is 12.8. The average molecular weight is 461 g/mol. The van der Waals surface area contributed by atoms with Crippen molar-refractivity contribution in [3.05, 3.63) is 78.2 Å². The quantitative estimate of drug-likeness (QED) is 0.403. The second kappa shape index (κ2) is 10.2. The van der Waals surface area contributed by atoms with E-state index in [1.54, 1.807) is 18.3 Å². The summed E-state index contributed by atoms with van der Waals surface area (Å²) in [5.74, 6) is 1.30. The summed E-state index contributed by atoms with van der Waals surface area (Å²) in [5.41, 5.74) is 3.80. The molecule has 0 aliphatic heterocycles. The van der Waals surface area contributed by atoms with Gasteiger partial charge in [-0.05, 0) is 23.3 Å². The van der Waals surface area contributed by atoms with Crippen molar-refractivity contribution in [2.45, 2.75) is 5.92 Å². The molecule has 2 heterocycles. The largest absolute Gasteiger partial charge is 0.493 e. The zero-order chi connectivity index (χ0) is 24.1. The number of hydrogen-bond acceptors (Lipinski definition) is 5. The number of nitrogens with zero attached hydrogens (tertiary/aromatic N) is 2. The van der Waals surface area contributed by atoms with Gasteiger partial charge in [-0.2, -0.15) is 0 Å². The number of aromatic nitrogens is 2. The molecule has 0 bridgehead atoms. The van der Waals surface area contributed by atoms with Crippen molar-refractivity contribution in [2.75, 3.05) is 33.2 Å². The molecule has 34 heavy (non-hydrogen) atoms. The molecule has 0 aliphatic rings. The van der Waals surface area contributed by atoms with Crippen LogP contribution in [0.25, 0.3) is 10.9 Å². The summed E-state index contributed by atoms with van der Waals surface area (Å²) in [6, 6.07) is 15.2. The van der Waals surface area contributed by atoms with Crippen molar-refractivity contribution in [3.63, 3.8) is 0 Å². The van der Waals surface area contributed by atoms with Crippen LogP contribution in [-0.4, -0.2) is 43.5 Å². The number of methoxy groups -OCH3 is 3. The van der Waals surface area contributed by atoms with E-state index < -0.39 is 0 Å². The van der Waals surface area contributed by atoms with E-state index in [9.17, 15) is 4.79 Å². The molecule has 1 atom stereocenters. The van der Waals surface area contributed by atoms with Gasteiger partial charge >= 0.3 is 6.03 Å². The lowest BCUT2D eigenvalue weighted by Gasteiger charge is -2.19. The minimum Gasteiger partial charge on any atom is -0.493 e. The van der Waals surface area contributed by atoms with Crippen LogP contribution in [0.15, 0.2) is 67.1 Å². The molecule has 4 aromatic rings. The fourth-order valence-corrected chi connectivity index (χ4v) is 4.16. The number of aryl methyl sites for hydroxylation is 1. The first-order valence-electron chi connectivity index (χ1n) is 10.8. The maximum atomic E-state index is 12.8. The van der Waals surface area contributed by atoms with Crippen molar-refractivity contribution in [1.29, 1.82) is 0 Å². The van der Waals surface area contributed by atoms with Crippen LogP contribution < -0.4 is 24.8 Å². The molecule has 0 fully saturated rings. The summed E-state index contributed by atoms with van der Waals surface area (Å²) in [6.45, 7) is 0.385. The fourth-order valence-electron chi connectivity index (χ4n) is 4.16. The van der Waals surface area contributed by atoms with Crippen LogP contribution >= 0.6 is 0 Å². The Morgan fingerprint density at radius 3 is 2.41 bits per heavy atom. The molecule has 2 aromatic heterocycles. The Kier molecular flexibility index (Phi) is 6.87. The predicted molar refractivity (Wildman–Crippen MR) is 132 cm³/mol. The lowest BCUT2D eigenvalue weighted by molar-refractivity contribution is 0.252. The lowest BCUT2D eigenvalue weighted by atomic mass is 9.92. The molecule has 2 N–H and O–H groups in total. The number of nitrogens with one attached hydrogen (secondary N) is 2. The van der Waals surface area contributed by atoms with E-state index in [0.29, 0.717) is 29.5 Å². The molecule has 2 aromatic carbocycles. The number of ether oxygens (including phenoxy) is 3. The van der Waals surface area contributed by atoms with E-state index in [4.69, 9.17) is 14.2 Å². The van der Waals surface area contributed by atoms with Crippen molar-refractivity contribution in [3.8, 4) is 17.2 Å². The molecule has 0 saturated heterocycles. The number of rotatable bonds is 8. The maximum Gasteiger partial charge on any atom is 0.319 e. The van der Waals surface area contributed by atoms with Crippen molar-refractivity contribution < 1.29 is 19.0 Å². The molecule has 0 aliphatic carbocycles. The topological polar surface area (TPSA) is 86.6 Å². The Balaban J connectivity index is 1.57. The number of benzene rings is 2. The van der Waals surface area contributed by atoms with Gasteiger partial charge in [0.25, 0.3) is 0 Å². The number of fused-ring (bicyclic) bond motifs is 1. The van der Waals surface area contributed by atoms with Gasteiger partial charge in [-0.25, -0.2) is 4.79 Å². The monoisotopic (exact) mass is 460 g/mol. The van der Waals surface area contributed by atoms with Gasteiger partial charge in [-0.1, -0.05) is 24.3 Å². The highest BCUT2D eigenvalue weighted by atomic mass is 16.5. The number of carbonyl (C=O) groups excluding carboxylic acids is 1. The van der Waals surface area contributed by atoms with Gasteiger partial charge in [-0.3, -0.25) is 4.98 Å². The highest BCUT2D eigenvalue weighted by Crippen LogP contribution is 2.40.